The minimum atomic E-state index is -0.382. The van der Waals surface area contributed by atoms with Crippen molar-refractivity contribution in [3.05, 3.63) is 38.3 Å². The van der Waals surface area contributed by atoms with Gasteiger partial charge in [0.05, 0.1) is 4.91 Å². The lowest BCUT2D eigenvalue weighted by atomic mass is 10.2. The molecule has 0 saturated carbocycles. The minimum absolute atomic E-state index is 0.152. The standard InChI is InChI=1S/C16H15IN2O3S/c17-12-6-2-1-5-11(12)9-13-15(21)19(16(22)23-13)10-14(20)18-7-3-4-8-18/h1-2,5-6,9H,3-4,7-8,10H2/b13-9+. The summed E-state index contributed by atoms with van der Waals surface area (Å²) in [6.45, 7) is 1.27. The first-order chi connectivity index (χ1) is 11.1. The summed E-state index contributed by atoms with van der Waals surface area (Å²) in [5.74, 6) is -0.535. The number of halogens is 1. The summed E-state index contributed by atoms with van der Waals surface area (Å²) in [5, 5.41) is -0.375. The zero-order chi connectivity index (χ0) is 16.4. The van der Waals surface area contributed by atoms with E-state index in [1.54, 1.807) is 11.0 Å². The molecule has 0 bridgehead atoms. The van der Waals surface area contributed by atoms with Crippen LogP contribution in [0.2, 0.25) is 0 Å². The summed E-state index contributed by atoms with van der Waals surface area (Å²) in [4.78, 5) is 39.8. The van der Waals surface area contributed by atoms with Gasteiger partial charge in [0.15, 0.2) is 0 Å². The molecule has 0 spiro atoms. The molecule has 0 aromatic heterocycles. The number of benzene rings is 1. The number of imide groups is 1. The summed E-state index contributed by atoms with van der Waals surface area (Å²) in [5.41, 5.74) is 0.893. The predicted octanol–water partition coefficient (Wildman–Crippen LogP) is 2.95. The molecule has 0 radical (unpaired) electrons. The smallest absolute Gasteiger partial charge is 0.294 e. The van der Waals surface area contributed by atoms with E-state index in [-0.39, 0.29) is 23.6 Å². The summed E-state index contributed by atoms with van der Waals surface area (Å²) >= 11 is 3.08. The molecule has 1 aromatic rings. The molecule has 0 aliphatic carbocycles. The lowest BCUT2D eigenvalue weighted by Gasteiger charge is -2.18. The van der Waals surface area contributed by atoms with Crippen molar-refractivity contribution in [1.82, 2.24) is 9.80 Å². The zero-order valence-electron chi connectivity index (χ0n) is 12.3. The molecule has 120 valence electrons. The highest BCUT2D eigenvalue weighted by atomic mass is 127. The second-order valence-electron chi connectivity index (χ2n) is 5.38. The van der Waals surface area contributed by atoms with Crippen molar-refractivity contribution in [2.24, 2.45) is 0 Å². The van der Waals surface area contributed by atoms with Gasteiger partial charge in [0.25, 0.3) is 11.1 Å². The van der Waals surface area contributed by atoms with Crippen molar-refractivity contribution in [3.63, 3.8) is 0 Å². The second-order valence-corrected chi connectivity index (χ2v) is 7.53. The second kappa shape index (κ2) is 7.04. The minimum Gasteiger partial charge on any atom is -0.341 e. The van der Waals surface area contributed by atoms with Gasteiger partial charge in [0.2, 0.25) is 5.91 Å². The number of hydrogen-bond donors (Lipinski definition) is 0. The Balaban J connectivity index is 1.75. The van der Waals surface area contributed by atoms with E-state index in [1.165, 1.54) is 0 Å². The van der Waals surface area contributed by atoms with Crippen LogP contribution in [0, 0.1) is 3.57 Å². The Hall–Kier alpha value is -1.35. The van der Waals surface area contributed by atoms with Gasteiger partial charge in [-0.2, -0.15) is 0 Å². The molecule has 23 heavy (non-hydrogen) atoms. The molecule has 1 aromatic carbocycles. The first kappa shape index (κ1) is 16.5. The van der Waals surface area contributed by atoms with Gasteiger partial charge in [-0.05, 0) is 64.9 Å². The largest absolute Gasteiger partial charge is 0.341 e. The number of hydrogen-bond acceptors (Lipinski definition) is 4. The Morgan fingerprint density at radius 2 is 1.91 bits per heavy atom. The average molecular weight is 442 g/mol. The van der Waals surface area contributed by atoms with Crippen LogP contribution in [0.1, 0.15) is 18.4 Å². The molecular formula is C16H15IN2O3S. The van der Waals surface area contributed by atoms with Crippen molar-refractivity contribution in [1.29, 1.82) is 0 Å². The van der Waals surface area contributed by atoms with E-state index in [0.29, 0.717) is 18.0 Å². The van der Waals surface area contributed by atoms with Crippen LogP contribution in [0.25, 0.3) is 6.08 Å². The lowest BCUT2D eigenvalue weighted by Crippen LogP contribution is -2.40. The van der Waals surface area contributed by atoms with Gasteiger partial charge in [-0.15, -0.1) is 0 Å². The third-order valence-electron chi connectivity index (χ3n) is 3.82. The Kier molecular flexibility index (Phi) is 5.05. The van der Waals surface area contributed by atoms with E-state index in [2.05, 4.69) is 22.6 Å². The van der Waals surface area contributed by atoms with Crippen molar-refractivity contribution in [2.45, 2.75) is 12.8 Å². The van der Waals surface area contributed by atoms with Crippen LogP contribution in [0.5, 0.6) is 0 Å². The molecule has 0 N–H and O–H groups in total. The maximum atomic E-state index is 12.4. The number of thioether (sulfide) groups is 1. The molecule has 2 fully saturated rings. The Bertz CT molecular complexity index is 698. The van der Waals surface area contributed by atoms with Gasteiger partial charge >= 0.3 is 0 Å². The fraction of sp³-hybridized carbons (Fsp3) is 0.312. The van der Waals surface area contributed by atoms with Crippen molar-refractivity contribution in [3.8, 4) is 0 Å². The average Bonchev–Trinajstić information content (AvgIpc) is 3.14. The number of amides is 3. The molecule has 3 amide bonds. The number of likely N-dealkylation sites (tertiary alicyclic amines) is 1. The van der Waals surface area contributed by atoms with Crippen LogP contribution < -0.4 is 0 Å². The summed E-state index contributed by atoms with van der Waals surface area (Å²) < 4.78 is 1.00. The topological polar surface area (TPSA) is 57.7 Å². The van der Waals surface area contributed by atoms with Gasteiger partial charge in [0.1, 0.15) is 6.54 Å². The van der Waals surface area contributed by atoms with Crippen LogP contribution in [0.3, 0.4) is 0 Å². The maximum absolute atomic E-state index is 12.4. The summed E-state index contributed by atoms with van der Waals surface area (Å²) in [6.07, 6.45) is 3.69. The Morgan fingerprint density at radius 1 is 1.22 bits per heavy atom. The molecular weight excluding hydrogens is 427 g/mol. The molecule has 5 nitrogen and oxygen atoms in total. The first-order valence-corrected chi connectivity index (χ1v) is 9.23. The van der Waals surface area contributed by atoms with E-state index < -0.39 is 0 Å². The number of carbonyl (C=O) groups is 3. The normalized spacial score (nSPS) is 20.0. The van der Waals surface area contributed by atoms with Crippen LogP contribution >= 0.6 is 34.4 Å². The van der Waals surface area contributed by atoms with Crippen LogP contribution in [-0.4, -0.2) is 46.5 Å². The Labute approximate surface area is 152 Å². The van der Waals surface area contributed by atoms with Gasteiger partial charge in [-0.25, -0.2) is 0 Å². The number of rotatable bonds is 3. The molecule has 2 aliphatic rings. The van der Waals surface area contributed by atoms with Gasteiger partial charge in [-0.3, -0.25) is 19.3 Å². The summed E-state index contributed by atoms with van der Waals surface area (Å²) in [6, 6.07) is 7.63. The molecule has 0 atom stereocenters. The number of nitrogens with zero attached hydrogens (tertiary/aromatic N) is 2. The maximum Gasteiger partial charge on any atom is 0.294 e. The van der Waals surface area contributed by atoms with Crippen molar-refractivity contribution < 1.29 is 14.4 Å². The molecule has 3 rings (SSSR count). The van der Waals surface area contributed by atoms with Crippen molar-refractivity contribution in [2.75, 3.05) is 19.6 Å². The quantitative estimate of drug-likeness (QED) is 0.534. The predicted molar refractivity (Wildman–Crippen MR) is 97.7 cm³/mol. The molecule has 2 aliphatic heterocycles. The highest BCUT2D eigenvalue weighted by Gasteiger charge is 2.37. The highest BCUT2D eigenvalue weighted by Crippen LogP contribution is 2.33. The molecule has 7 heteroatoms. The molecule has 2 saturated heterocycles. The highest BCUT2D eigenvalue weighted by molar-refractivity contribution is 14.1. The van der Waals surface area contributed by atoms with Crippen LogP contribution in [0.15, 0.2) is 29.2 Å². The Morgan fingerprint density at radius 3 is 2.61 bits per heavy atom. The molecule has 0 unspecified atom stereocenters. The van der Waals surface area contributed by atoms with Gasteiger partial charge in [-0.1, -0.05) is 18.2 Å². The SMILES string of the molecule is O=C(CN1C(=O)S/C(=C/c2ccccc2I)C1=O)N1CCCC1. The third kappa shape index (κ3) is 3.60. The van der Waals surface area contributed by atoms with Crippen LogP contribution in [-0.2, 0) is 9.59 Å². The van der Waals surface area contributed by atoms with E-state index in [1.807, 2.05) is 24.3 Å². The summed E-state index contributed by atoms with van der Waals surface area (Å²) in [7, 11) is 0. The monoisotopic (exact) mass is 442 g/mol. The van der Waals surface area contributed by atoms with E-state index in [4.69, 9.17) is 0 Å². The van der Waals surface area contributed by atoms with Gasteiger partial charge < -0.3 is 4.90 Å². The fourth-order valence-electron chi connectivity index (χ4n) is 2.57. The lowest BCUT2D eigenvalue weighted by molar-refractivity contribution is -0.135. The van der Waals surface area contributed by atoms with Crippen LogP contribution in [0.4, 0.5) is 4.79 Å². The molecule has 2 heterocycles. The van der Waals surface area contributed by atoms with E-state index in [9.17, 15) is 14.4 Å². The van der Waals surface area contributed by atoms with E-state index >= 15 is 0 Å². The first-order valence-electron chi connectivity index (χ1n) is 7.34. The van der Waals surface area contributed by atoms with E-state index in [0.717, 1.165) is 38.6 Å². The van der Waals surface area contributed by atoms with Gasteiger partial charge in [0, 0.05) is 16.7 Å². The third-order valence-corrected chi connectivity index (χ3v) is 5.71. The fourth-order valence-corrected chi connectivity index (χ4v) is 3.94. The number of carbonyl (C=O) groups excluding carboxylic acids is 3. The van der Waals surface area contributed by atoms with Crippen molar-refractivity contribution >= 4 is 57.5 Å². The zero-order valence-corrected chi connectivity index (χ0v) is 15.3.